The Labute approximate surface area is 146 Å². The Morgan fingerprint density at radius 2 is 1.96 bits per heavy atom. The van der Waals surface area contributed by atoms with E-state index in [9.17, 15) is 4.79 Å². The first-order chi connectivity index (χ1) is 11.5. The molecule has 1 aromatic carbocycles. The number of nitrogens with zero attached hydrogens (tertiary/aromatic N) is 3. The zero-order valence-electron chi connectivity index (χ0n) is 14.0. The van der Waals surface area contributed by atoms with Gasteiger partial charge in [0.25, 0.3) is 5.56 Å². The third kappa shape index (κ3) is 3.35. The molecule has 0 spiro atoms. The van der Waals surface area contributed by atoms with E-state index in [4.69, 9.17) is 11.6 Å². The van der Waals surface area contributed by atoms with Crippen LogP contribution in [-0.4, -0.2) is 21.3 Å². The van der Waals surface area contributed by atoms with Crippen molar-refractivity contribution < 1.29 is 0 Å². The second-order valence-corrected chi connectivity index (χ2v) is 6.55. The smallest absolute Gasteiger partial charge is 0.258 e. The maximum absolute atomic E-state index is 12.3. The maximum atomic E-state index is 12.3. The Hall–Kier alpha value is -2.17. The zero-order valence-corrected chi connectivity index (χ0v) is 14.8. The lowest BCUT2D eigenvalue weighted by atomic mass is 10.1. The first-order valence-electron chi connectivity index (χ1n) is 7.89. The Morgan fingerprint density at radius 3 is 2.67 bits per heavy atom. The van der Waals surface area contributed by atoms with E-state index in [-0.39, 0.29) is 11.6 Å². The minimum absolute atomic E-state index is 0.0498. The van der Waals surface area contributed by atoms with E-state index >= 15 is 0 Å². The Bertz CT molecular complexity index is 918. The van der Waals surface area contributed by atoms with Crippen molar-refractivity contribution in [2.45, 2.75) is 26.4 Å². The average molecular weight is 342 g/mol. The molecule has 24 heavy (non-hydrogen) atoms. The highest BCUT2D eigenvalue weighted by Gasteiger charge is 2.14. The van der Waals surface area contributed by atoms with Crippen LogP contribution in [0.2, 0.25) is 5.02 Å². The van der Waals surface area contributed by atoms with Gasteiger partial charge in [0, 0.05) is 29.9 Å². The van der Waals surface area contributed by atoms with Gasteiger partial charge in [-0.1, -0.05) is 29.8 Å². The largest absolute Gasteiger partial charge is 0.294 e. The lowest BCUT2D eigenvalue weighted by Gasteiger charge is -2.25. The molecule has 0 unspecified atom stereocenters. The SMILES string of the molecule is Cc1cccn2c(=O)cc(CN(C)[C@@H](C)c3ccc(Cl)cc3)nc12. The predicted molar refractivity (Wildman–Crippen MR) is 97.5 cm³/mol. The van der Waals surface area contributed by atoms with Gasteiger partial charge in [0.2, 0.25) is 0 Å². The molecule has 0 aliphatic heterocycles. The summed E-state index contributed by atoms with van der Waals surface area (Å²) in [5, 5.41) is 0.730. The molecule has 0 bridgehead atoms. The van der Waals surface area contributed by atoms with Gasteiger partial charge in [0.15, 0.2) is 0 Å². The van der Waals surface area contributed by atoms with Crippen LogP contribution >= 0.6 is 11.6 Å². The van der Waals surface area contributed by atoms with Gasteiger partial charge in [0.05, 0.1) is 5.69 Å². The molecule has 1 atom stereocenters. The second kappa shape index (κ2) is 6.75. The van der Waals surface area contributed by atoms with Crippen molar-refractivity contribution in [2.24, 2.45) is 0 Å². The Balaban J connectivity index is 1.87. The molecule has 4 nitrogen and oxygen atoms in total. The van der Waals surface area contributed by atoms with Gasteiger partial charge in [-0.15, -0.1) is 0 Å². The van der Waals surface area contributed by atoms with Crippen molar-refractivity contribution >= 4 is 17.2 Å². The second-order valence-electron chi connectivity index (χ2n) is 6.11. The summed E-state index contributed by atoms with van der Waals surface area (Å²) in [7, 11) is 2.03. The molecule has 0 aliphatic rings. The van der Waals surface area contributed by atoms with Crippen molar-refractivity contribution in [3.63, 3.8) is 0 Å². The van der Waals surface area contributed by atoms with Gasteiger partial charge in [-0.2, -0.15) is 0 Å². The number of benzene rings is 1. The highest BCUT2D eigenvalue weighted by Crippen LogP contribution is 2.22. The molecule has 2 heterocycles. The van der Waals surface area contributed by atoms with Gasteiger partial charge in [-0.05, 0) is 50.2 Å². The number of halogens is 1. The van der Waals surface area contributed by atoms with Crippen LogP contribution in [0.25, 0.3) is 5.65 Å². The molecular weight excluding hydrogens is 322 g/mol. The van der Waals surface area contributed by atoms with Gasteiger partial charge in [0.1, 0.15) is 5.65 Å². The summed E-state index contributed by atoms with van der Waals surface area (Å²) < 4.78 is 1.58. The number of hydrogen-bond acceptors (Lipinski definition) is 3. The first-order valence-corrected chi connectivity index (χ1v) is 8.27. The van der Waals surface area contributed by atoms with Crippen molar-refractivity contribution in [1.29, 1.82) is 0 Å². The summed E-state index contributed by atoms with van der Waals surface area (Å²) in [5.41, 5.74) is 3.61. The fourth-order valence-corrected chi connectivity index (χ4v) is 2.90. The lowest BCUT2D eigenvalue weighted by molar-refractivity contribution is 0.250. The molecule has 124 valence electrons. The Kier molecular flexibility index (Phi) is 4.69. The van der Waals surface area contributed by atoms with E-state index in [1.165, 1.54) is 5.56 Å². The molecule has 0 N–H and O–H groups in total. The van der Waals surface area contributed by atoms with E-state index in [0.29, 0.717) is 12.2 Å². The van der Waals surface area contributed by atoms with Crippen LogP contribution in [-0.2, 0) is 6.54 Å². The number of aryl methyl sites for hydroxylation is 1. The number of fused-ring (bicyclic) bond motifs is 1. The highest BCUT2D eigenvalue weighted by molar-refractivity contribution is 6.30. The van der Waals surface area contributed by atoms with Crippen molar-refractivity contribution in [2.75, 3.05) is 7.05 Å². The first kappa shape index (κ1) is 16.7. The summed E-state index contributed by atoms with van der Waals surface area (Å²) in [4.78, 5) is 19.1. The average Bonchev–Trinajstić information content (AvgIpc) is 2.56. The molecule has 3 rings (SSSR count). The summed E-state index contributed by atoms with van der Waals surface area (Å²) >= 11 is 5.95. The monoisotopic (exact) mass is 341 g/mol. The lowest BCUT2D eigenvalue weighted by Crippen LogP contribution is -2.24. The fourth-order valence-electron chi connectivity index (χ4n) is 2.78. The van der Waals surface area contributed by atoms with Crippen LogP contribution in [0, 0.1) is 6.92 Å². The van der Waals surface area contributed by atoms with Gasteiger partial charge in [-0.25, -0.2) is 4.98 Å². The van der Waals surface area contributed by atoms with Crippen molar-refractivity contribution in [3.05, 3.63) is 80.9 Å². The minimum Gasteiger partial charge on any atom is -0.294 e. The number of aromatic nitrogens is 2. The summed E-state index contributed by atoms with van der Waals surface area (Å²) in [6.07, 6.45) is 1.75. The van der Waals surface area contributed by atoms with Crippen LogP contribution in [0.3, 0.4) is 0 Å². The van der Waals surface area contributed by atoms with E-state index in [1.807, 2.05) is 50.4 Å². The molecule has 0 saturated heterocycles. The van der Waals surface area contributed by atoms with Crippen LogP contribution in [0.5, 0.6) is 0 Å². The zero-order chi connectivity index (χ0) is 17.3. The molecule has 0 fully saturated rings. The van der Waals surface area contributed by atoms with E-state index in [1.54, 1.807) is 16.7 Å². The minimum atomic E-state index is -0.0498. The summed E-state index contributed by atoms with van der Waals surface area (Å²) in [5.74, 6) is 0. The third-order valence-electron chi connectivity index (χ3n) is 4.36. The summed E-state index contributed by atoms with van der Waals surface area (Å²) in [6, 6.07) is 13.5. The maximum Gasteiger partial charge on any atom is 0.258 e. The van der Waals surface area contributed by atoms with E-state index in [0.717, 1.165) is 16.3 Å². The quantitative estimate of drug-likeness (QED) is 0.723. The molecule has 5 heteroatoms. The molecule has 3 aromatic rings. The molecule has 0 amide bonds. The van der Waals surface area contributed by atoms with Crippen molar-refractivity contribution in [1.82, 2.24) is 14.3 Å². The van der Waals surface area contributed by atoms with Crippen LogP contribution in [0.4, 0.5) is 0 Å². The van der Waals surface area contributed by atoms with Crippen LogP contribution in [0.15, 0.2) is 53.5 Å². The van der Waals surface area contributed by atoms with E-state index < -0.39 is 0 Å². The predicted octanol–water partition coefficient (Wildman–Crippen LogP) is 3.85. The number of rotatable bonds is 4. The molecule has 0 aliphatic carbocycles. The number of pyridine rings is 1. The van der Waals surface area contributed by atoms with E-state index in [2.05, 4.69) is 16.8 Å². The highest BCUT2D eigenvalue weighted by atomic mass is 35.5. The van der Waals surface area contributed by atoms with Gasteiger partial charge >= 0.3 is 0 Å². The fraction of sp³-hybridized carbons (Fsp3) is 0.263. The standard InChI is InChI=1S/C19H20ClN3O/c1-13-5-4-10-23-18(24)11-17(21-19(13)23)12-22(3)14(2)15-6-8-16(20)9-7-15/h4-11,14H,12H2,1-3H3/t14-/m0/s1. The molecule has 0 radical (unpaired) electrons. The Morgan fingerprint density at radius 1 is 1.25 bits per heavy atom. The van der Waals surface area contributed by atoms with Crippen LogP contribution in [0.1, 0.15) is 29.8 Å². The van der Waals surface area contributed by atoms with Gasteiger partial charge < -0.3 is 0 Å². The van der Waals surface area contributed by atoms with Gasteiger partial charge in [-0.3, -0.25) is 14.1 Å². The molecular formula is C19H20ClN3O. The van der Waals surface area contributed by atoms with Crippen molar-refractivity contribution in [3.8, 4) is 0 Å². The molecule has 0 saturated carbocycles. The third-order valence-corrected chi connectivity index (χ3v) is 4.62. The van der Waals surface area contributed by atoms with Crippen LogP contribution < -0.4 is 5.56 Å². The number of hydrogen-bond donors (Lipinski definition) is 0. The molecule has 2 aromatic heterocycles. The topological polar surface area (TPSA) is 37.6 Å². The normalized spacial score (nSPS) is 12.7. The summed E-state index contributed by atoms with van der Waals surface area (Å²) in [6.45, 7) is 4.69.